The lowest BCUT2D eigenvalue weighted by Crippen LogP contribution is -2.30. The van der Waals surface area contributed by atoms with E-state index in [1.54, 1.807) is 7.05 Å². The van der Waals surface area contributed by atoms with Crippen LogP contribution >= 0.6 is 0 Å². The highest BCUT2D eigenvalue weighted by Crippen LogP contribution is 2.68. The van der Waals surface area contributed by atoms with E-state index in [0.717, 1.165) is 0 Å². The van der Waals surface area contributed by atoms with Gasteiger partial charge in [-0.15, -0.1) is 0 Å². The zero-order chi connectivity index (χ0) is 11.1. The van der Waals surface area contributed by atoms with Crippen LogP contribution in [-0.2, 0) is 4.79 Å². The molecule has 1 rings (SSSR count). The quantitative estimate of drug-likeness (QED) is 0.627. The minimum Gasteiger partial charge on any atom is -0.332 e. The summed E-state index contributed by atoms with van der Waals surface area (Å²) < 4.78 is 0. The lowest BCUT2D eigenvalue weighted by atomic mass is 10.0. The second-order valence-electron chi connectivity index (χ2n) is 5.23. The fraction of sp³-hybridized carbons (Fsp3) is 0.818. The minimum atomic E-state index is 0.0633. The third-order valence-corrected chi connectivity index (χ3v) is 3.95. The Morgan fingerprint density at radius 1 is 1.36 bits per heavy atom. The zero-order valence-corrected chi connectivity index (χ0v) is 9.59. The van der Waals surface area contributed by atoms with Gasteiger partial charge in [-0.3, -0.25) is 4.79 Å². The van der Waals surface area contributed by atoms with Crippen LogP contribution in [0.15, 0.2) is 0 Å². The van der Waals surface area contributed by atoms with Crippen molar-refractivity contribution in [1.82, 2.24) is 4.90 Å². The lowest BCUT2D eigenvalue weighted by molar-refractivity contribution is -0.131. The zero-order valence-electron chi connectivity index (χ0n) is 9.59. The summed E-state index contributed by atoms with van der Waals surface area (Å²) >= 11 is 0. The molecule has 0 unspecified atom stereocenters. The third kappa shape index (κ3) is 1.30. The molecule has 78 valence electrons. The van der Waals surface area contributed by atoms with Crippen molar-refractivity contribution in [2.75, 3.05) is 13.6 Å². The molecule has 0 aromatic rings. The second kappa shape index (κ2) is 2.98. The Hall–Kier alpha value is -1.04. The molecule has 14 heavy (non-hydrogen) atoms. The molecule has 3 heteroatoms. The van der Waals surface area contributed by atoms with Crippen molar-refractivity contribution in [2.24, 2.45) is 16.7 Å². The standard InChI is InChI=1S/C11H18N2O/c1-10(2)8(11(10,3)4)9(14)13(5)7-6-12/h8H,7H2,1-5H3. The maximum absolute atomic E-state index is 11.9. The van der Waals surface area contributed by atoms with Gasteiger partial charge in [0.2, 0.25) is 5.91 Å². The second-order valence-corrected chi connectivity index (χ2v) is 5.23. The van der Waals surface area contributed by atoms with Gasteiger partial charge in [0, 0.05) is 13.0 Å². The SMILES string of the molecule is CN(CC#N)C(=O)C1C(C)(C)C1(C)C. The summed E-state index contributed by atoms with van der Waals surface area (Å²) in [6.07, 6.45) is 0. The number of nitrogens with zero attached hydrogens (tertiary/aromatic N) is 2. The van der Waals surface area contributed by atoms with Gasteiger partial charge in [-0.2, -0.15) is 5.26 Å². The first-order valence-corrected chi connectivity index (χ1v) is 4.88. The summed E-state index contributed by atoms with van der Waals surface area (Å²) in [6.45, 7) is 8.61. The minimum absolute atomic E-state index is 0.0633. The van der Waals surface area contributed by atoms with Crippen LogP contribution in [0.4, 0.5) is 0 Å². The van der Waals surface area contributed by atoms with E-state index in [-0.39, 0.29) is 29.2 Å². The molecule has 1 saturated carbocycles. The average Bonchev–Trinajstić information content (AvgIpc) is 2.42. The van der Waals surface area contributed by atoms with Gasteiger partial charge in [-0.25, -0.2) is 0 Å². The monoisotopic (exact) mass is 194 g/mol. The van der Waals surface area contributed by atoms with Crippen molar-refractivity contribution in [3.05, 3.63) is 0 Å². The van der Waals surface area contributed by atoms with Crippen LogP contribution < -0.4 is 0 Å². The molecule has 0 N–H and O–H groups in total. The van der Waals surface area contributed by atoms with Crippen LogP contribution in [-0.4, -0.2) is 24.4 Å². The molecule has 0 saturated heterocycles. The smallest absolute Gasteiger partial charge is 0.227 e. The number of carbonyl (C=O) groups is 1. The summed E-state index contributed by atoms with van der Waals surface area (Å²) in [5, 5.41) is 8.50. The highest BCUT2D eigenvalue weighted by atomic mass is 16.2. The topological polar surface area (TPSA) is 44.1 Å². The predicted molar refractivity (Wildman–Crippen MR) is 54.3 cm³/mol. The third-order valence-electron chi connectivity index (χ3n) is 3.95. The Morgan fingerprint density at radius 2 is 1.79 bits per heavy atom. The number of carbonyl (C=O) groups excluding carboxylic acids is 1. The first kappa shape index (κ1) is 11.0. The average molecular weight is 194 g/mol. The molecule has 3 nitrogen and oxygen atoms in total. The number of hydrogen-bond donors (Lipinski definition) is 0. The largest absolute Gasteiger partial charge is 0.332 e. The summed E-state index contributed by atoms with van der Waals surface area (Å²) in [6, 6.07) is 1.99. The molecular formula is C11H18N2O. The van der Waals surface area contributed by atoms with Crippen LogP contribution in [0, 0.1) is 28.1 Å². The van der Waals surface area contributed by atoms with Gasteiger partial charge in [-0.05, 0) is 10.8 Å². The molecule has 0 bridgehead atoms. The molecule has 0 atom stereocenters. The molecule has 1 aliphatic carbocycles. The Bertz CT molecular complexity index is 285. The van der Waals surface area contributed by atoms with Gasteiger partial charge in [0.1, 0.15) is 6.54 Å². The Kier molecular flexibility index (Phi) is 2.35. The molecular weight excluding hydrogens is 176 g/mol. The van der Waals surface area contributed by atoms with Crippen LogP contribution in [0.2, 0.25) is 0 Å². The van der Waals surface area contributed by atoms with Crippen LogP contribution in [0.5, 0.6) is 0 Å². The van der Waals surface area contributed by atoms with Gasteiger partial charge in [-0.1, -0.05) is 27.7 Å². The number of nitriles is 1. The van der Waals surface area contributed by atoms with Gasteiger partial charge < -0.3 is 4.90 Å². The van der Waals surface area contributed by atoms with Gasteiger partial charge >= 0.3 is 0 Å². The van der Waals surface area contributed by atoms with E-state index in [4.69, 9.17) is 5.26 Å². The number of hydrogen-bond acceptors (Lipinski definition) is 2. The van der Waals surface area contributed by atoms with Crippen molar-refractivity contribution < 1.29 is 4.79 Å². The first-order valence-electron chi connectivity index (χ1n) is 4.88. The maximum atomic E-state index is 11.9. The van der Waals surface area contributed by atoms with E-state index in [2.05, 4.69) is 27.7 Å². The molecule has 0 radical (unpaired) electrons. The highest BCUT2D eigenvalue weighted by Gasteiger charge is 2.68. The first-order chi connectivity index (χ1) is 6.26. The Balaban J connectivity index is 2.72. The molecule has 0 heterocycles. The fourth-order valence-corrected chi connectivity index (χ4v) is 2.22. The van der Waals surface area contributed by atoms with E-state index in [0.29, 0.717) is 0 Å². The Morgan fingerprint density at radius 3 is 2.07 bits per heavy atom. The predicted octanol–water partition coefficient (Wildman–Crippen LogP) is 1.65. The normalized spacial score (nSPS) is 22.6. The van der Waals surface area contributed by atoms with Gasteiger partial charge in [0.15, 0.2) is 0 Å². The molecule has 0 aliphatic heterocycles. The van der Waals surface area contributed by atoms with Crippen LogP contribution in [0.3, 0.4) is 0 Å². The van der Waals surface area contributed by atoms with Gasteiger partial charge in [0.05, 0.1) is 6.07 Å². The number of amides is 1. The van der Waals surface area contributed by atoms with Crippen LogP contribution in [0.1, 0.15) is 27.7 Å². The lowest BCUT2D eigenvalue weighted by Gasteiger charge is -2.14. The van der Waals surface area contributed by atoms with E-state index in [1.165, 1.54) is 4.90 Å². The van der Waals surface area contributed by atoms with Crippen LogP contribution in [0.25, 0.3) is 0 Å². The van der Waals surface area contributed by atoms with Gasteiger partial charge in [0.25, 0.3) is 0 Å². The summed E-state index contributed by atoms with van der Waals surface area (Å²) in [5.41, 5.74) is 0.127. The van der Waals surface area contributed by atoms with Crippen molar-refractivity contribution in [2.45, 2.75) is 27.7 Å². The molecule has 1 amide bonds. The van der Waals surface area contributed by atoms with E-state index in [1.807, 2.05) is 6.07 Å². The van der Waals surface area contributed by atoms with E-state index < -0.39 is 0 Å². The molecule has 0 aromatic heterocycles. The van der Waals surface area contributed by atoms with Crippen molar-refractivity contribution in [3.8, 4) is 6.07 Å². The summed E-state index contributed by atoms with van der Waals surface area (Å²) in [4.78, 5) is 13.4. The number of rotatable bonds is 2. The van der Waals surface area contributed by atoms with Crippen molar-refractivity contribution >= 4 is 5.91 Å². The van der Waals surface area contributed by atoms with E-state index in [9.17, 15) is 4.79 Å². The molecule has 0 spiro atoms. The maximum Gasteiger partial charge on any atom is 0.227 e. The van der Waals surface area contributed by atoms with E-state index >= 15 is 0 Å². The Labute approximate surface area is 85.7 Å². The molecule has 0 aromatic carbocycles. The molecule has 1 aliphatic rings. The van der Waals surface area contributed by atoms with Crippen molar-refractivity contribution in [3.63, 3.8) is 0 Å². The molecule has 1 fully saturated rings. The fourth-order valence-electron chi connectivity index (χ4n) is 2.22. The summed E-state index contributed by atoms with van der Waals surface area (Å²) in [5.74, 6) is 0.162. The highest BCUT2D eigenvalue weighted by molar-refractivity contribution is 5.84. The summed E-state index contributed by atoms with van der Waals surface area (Å²) in [7, 11) is 1.69. The van der Waals surface area contributed by atoms with Crippen molar-refractivity contribution in [1.29, 1.82) is 5.26 Å².